The van der Waals surface area contributed by atoms with Crippen LogP contribution in [0.1, 0.15) is 34.1 Å². The fourth-order valence-electron chi connectivity index (χ4n) is 2.99. The number of fused-ring (bicyclic) bond motifs is 1. The highest BCUT2D eigenvalue weighted by Crippen LogP contribution is 2.26. The van der Waals surface area contributed by atoms with E-state index in [1.54, 1.807) is 24.3 Å². The van der Waals surface area contributed by atoms with Gasteiger partial charge in [-0.1, -0.05) is 31.2 Å². The highest BCUT2D eigenvalue weighted by atomic mass is 16.4. The van der Waals surface area contributed by atoms with Gasteiger partial charge in [0.2, 0.25) is 0 Å². The Balaban J connectivity index is 2.14. The molecule has 3 rings (SSSR count). The van der Waals surface area contributed by atoms with Crippen LogP contribution in [0.25, 0.3) is 10.8 Å². The third-order valence-corrected chi connectivity index (χ3v) is 4.08. The first-order chi connectivity index (χ1) is 10.1. The summed E-state index contributed by atoms with van der Waals surface area (Å²) in [6, 6.07) is 10.5. The van der Waals surface area contributed by atoms with Gasteiger partial charge in [-0.05, 0) is 29.9 Å². The van der Waals surface area contributed by atoms with Gasteiger partial charge >= 0.3 is 5.97 Å². The molecule has 1 atom stereocenters. The molecule has 4 nitrogen and oxygen atoms in total. The van der Waals surface area contributed by atoms with Gasteiger partial charge in [0, 0.05) is 24.0 Å². The van der Waals surface area contributed by atoms with Gasteiger partial charge in [0.05, 0.1) is 5.56 Å². The molecule has 1 N–H and O–H groups in total. The molecule has 1 fully saturated rings. The van der Waals surface area contributed by atoms with E-state index >= 15 is 0 Å². The molecule has 1 unspecified atom stereocenters. The molecule has 4 heteroatoms. The second-order valence-corrected chi connectivity index (χ2v) is 5.66. The second kappa shape index (κ2) is 5.20. The number of rotatable bonds is 2. The molecular formula is C17H17NO3. The van der Waals surface area contributed by atoms with Crippen LogP contribution in [0.3, 0.4) is 0 Å². The number of amides is 1. The van der Waals surface area contributed by atoms with Gasteiger partial charge in [-0.3, -0.25) is 4.79 Å². The number of benzene rings is 2. The lowest BCUT2D eigenvalue weighted by molar-refractivity contribution is 0.0699. The predicted octanol–water partition coefficient (Wildman–Crippen LogP) is 3.02. The van der Waals surface area contributed by atoms with Gasteiger partial charge in [-0.2, -0.15) is 0 Å². The molecule has 2 aromatic carbocycles. The van der Waals surface area contributed by atoms with Crippen molar-refractivity contribution in [2.24, 2.45) is 5.92 Å². The van der Waals surface area contributed by atoms with Crippen molar-refractivity contribution in [3.05, 3.63) is 47.5 Å². The molecule has 1 aliphatic heterocycles. The van der Waals surface area contributed by atoms with E-state index in [1.807, 2.05) is 17.0 Å². The minimum atomic E-state index is -1.00. The number of hydrogen-bond donors (Lipinski definition) is 1. The molecule has 1 heterocycles. The molecule has 1 saturated heterocycles. The zero-order valence-corrected chi connectivity index (χ0v) is 11.9. The van der Waals surface area contributed by atoms with E-state index in [2.05, 4.69) is 6.92 Å². The summed E-state index contributed by atoms with van der Waals surface area (Å²) in [6.07, 6.45) is 1.00. The largest absolute Gasteiger partial charge is 0.478 e. The number of nitrogens with zero attached hydrogens (tertiary/aromatic N) is 1. The normalized spacial score (nSPS) is 18.1. The Morgan fingerprint density at radius 3 is 2.38 bits per heavy atom. The van der Waals surface area contributed by atoms with Gasteiger partial charge in [-0.25, -0.2) is 4.79 Å². The average molecular weight is 283 g/mol. The van der Waals surface area contributed by atoms with E-state index in [1.165, 1.54) is 0 Å². The number of carbonyl (C=O) groups is 2. The van der Waals surface area contributed by atoms with Crippen LogP contribution >= 0.6 is 0 Å². The lowest BCUT2D eigenvalue weighted by Gasteiger charge is -2.18. The van der Waals surface area contributed by atoms with Crippen LogP contribution in [0.4, 0.5) is 0 Å². The van der Waals surface area contributed by atoms with Crippen molar-refractivity contribution in [1.82, 2.24) is 4.90 Å². The molecule has 0 saturated carbocycles. The third kappa shape index (κ3) is 2.37. The van der Waals surface area contributed by atoms with E-state index in [0.717, 1.165) is 24.9 Å². The van der Waals surface area contributed by atoms with Gasteiger partial charge in [0.15, 0.2) is 0 Å². The van der Waals surface area contributed by atoms with Gasteiger partial charge in [-0.15, -0.1) is 0 Å². The highest BCUT2D eigenvalue weighted by molar-refractivity contribution is 6.14. The zero-order valence-electron chi connectivity index (χ0n) is 11.9. The van der Waals surface area contributed by atoms with E-state index in [4.69, 9.17) is 0 Å². The Morgan fingerprint density at radius 1 is 1.14 bits per heavy atom. The Bertz CT molecular complexity index is 718. The Hall–Kier alpha value is -2.36. The lowest BCUT2D eigenvalue weighted by atomic mass is 9.98. The highest BCUT2D eigenvalue weighted by Gasteiger charge is 2.26. The molecule has 1 aliphatic rings. The Kier molecular flexibility index (Phi) is 3.37. The van der Waals surface area contributed by atoms with Gasteiger partial charge < -0.3 is 10.0 Å². The van der Waals surface area contributed by atoms with Crippen LogP contribution in [-0.4, -0.2) is 35.0 Å². The van der Waals surface area contributed by atoms with Crippen LogP contribution in [0, 0.1) is 5.92 Å². The molecule has 0 spiro atoms. The zero-order chi connectivity index (χ0) is 15.0. The minimum absolute atomic E-state index is 0.0707. The molecule has 108 valence electrons. The summed E-state index contributed by atoms with van der Waals surface area (Å²) in [7, 11) is 0. The van der Waals surface area contributed by atoms with Crippen LogP contribution in [-0.2, 0) is 0 Å². The van der Waals surface area contributed by atoms with Crippen molar-refractivity contribution in [3.8, 4) is 0 Å². The van der Waals surface area contributed by atoms with E-state index in [-0.39, 0.29) is 11.5 Å². The second-order valence-electron chi connectivity index (χ2n) is 5.66. The summed E-state index contributed by atoms with van der Waals surface area (Å²) in [5.74, 6) is -0.572. The van der Waals surface area contributed by atoms with Crippen molar-refractivity contribution >= 4 is 22.6 Å². The monoisotopic (exact) mass is 283 g/mol. The van der Waals surface area contributed by atoms with Crippen LogP contribution < -0.4 is 0 Å². The lowest BCUT2D eigenvalue weighted by Crippen LogP contribution is -2.28. The average Bonchev–Trinajstić information content (AvgIpc) is 2.91. The molecule has 2 aromatic rings. The van der Waals surface area contributed by atoms with Crippen LogP contribution in [0.5, 0.6) is 0 Å². The number of hydrogen-bond acceptors (Lipinski definition) is 2. The van der Waals surface area contributed by atoms with Crippen molar-refractivity contribution < 1.29 is 14.7 Å². The Labute approximate surface area is 123 Å². The van der Waals surface area contributed by atoms with E-state index in [0.29, 0.717) is 16.9 Å². The first kappa shape index (κ1) is 13.6. The summed E-state index contributed by atoms with van der Waals surface area (Å²) in [5, 5.41) is 10.7. The van der Waals surface area contributed by atoms with Crippen LogP contribution in [0.2, 0.25) is 0 Å². The first-order valence-electron chi connectivity index (χ1n) is 7.12. The maximum Gasteiger partial charge on any atom is 0.336 e. The molecule has 1 amide bonds. The maximum absolute atomic E-state index is 12.7. The molecule has 0 aliphatic carbocycles. The SMILES string of the molecule is CC1CCN(C(=O)c2cccc3cccc(C(=O)O)c23)C1. The predicted molar refractivity (Wildman–Crippen MR) is 80.6 cm³/mol. The smallest absolute Gasteiger partial charge is 0.336 e. The number of likely N-dealkylation sites (tertiary alicyclic amines) is 1. The minimum Gasteiger partial charge on any atom is -0.478 e. The topological polar surface area (TPSA) is 57.6 Å². The summed E-state index contributed by atoms with van der Waals surface area (Å²) in [6.45, 7) is 3.61. The summed E-state index contributed by atoms with van der Waals surface area (Å²) in [4.78, 5) is 26.0. The van der Waals surface area contributed by atoms with Crippen molar-refractivity contribution in [3.63, 3.8) is 0 Å². The molecule has 0 radical (unpaired) electrons. The molecule has 0 bridgehead atoms. The maximum atomic E-state index is 12.7. The van der Waals surface area contributed by atoms with Gasteiger partial charge in [0.1, 0.15) is 0 Å². The van der Waals surface area contributed by atoms with E-state index < -0.39 is 5.97 Å². The fraction of sp³-hybridized carbons (Fsp3) is 0.294. The van der Waals surface area contributed by atoms with Crippen molar-refractivity contribution in [1.29, 1.82) is 0 Å². The van der Waals surface area contributed by atoms with Gasteiger partial charge in [0.25, 0.3) is 5.91 Å². The number of carboxylic acid groups (broad SMARTS) is 1. The summed E-state index contributed by atoms with van der Waals surface area (Å²) >= 11 is 0. The molecular weight excluding hydrogens is 266 g/mol. The first-order valence-corrected chi connectivity index (χ1v) is 7.12. The number of carbonyl (C=O) groups excluding carboxylic acids is 1. The number of carboxylic acids is 1. The number of aromatic carboxylic acids is 1. The quantitative estimate of drug-likeness (QED) is 0.921. The Morgan fingerprint density at radius 2 is 1.81 bits per heavy atom. The third-order valence-electron chi connectivity index (χ3n) is 4.08. The molecule has 21 heavy (non-hydrogen) atoms. The molecule has 0 aromatic heterocycles. The van der Waals surface area contributed by atoms with Crippen molar-refractivity contribution in [2.75, 3.05) is 13.1 Å². The summed E-state index contributed by atoms with van der Waals surface area (Å²) < 4.78 is 0. The van der Waals surface area contributed by atoms with E-state index in [9.17, 15) is 14.7 Å². The summed E-state index contributed by atoms with van der Waals surface area (Å²) in [5.41, 5.74) is 0.670. The standard InChI is InChI=1S/C17H17NO3/c1-11-8-9-18(10-11)16(19)13-6-2-4-12-5-3-7-14(15(12)13)17(20)21/h2-7,11H,8-10H2,1H3,(H,20,21). The van der Waals surface area contributed by atoms with Crippen molar-refractivity contribution in [2.45, 2.75) is 13.3 Å². The van der Waals surface area contributed by atoms with Crippen LogP contribution in [0.15, 0.2) is 36.4 Å². The fourth-order valence-corrected chi connectivity index (χ4v) is 2.99.